The second kappa shape index (κ2) is 7.64. The zero-order valence-electron chi connectivity index (χ0n) is 11.9. The summed E-state index contributed by atoms with van der Waals surface area (Å²) in [6.45, 7) is 4.46. The van der Waals surface area contributed by atoms with Gasteiger partial charge in [0, 0.05) is 12.6 Å². The van der Waals surface area contributed by atoms with Crippen LogP contribution < -0.4 is 5.32 Å². The van der Waals surface area contributed by atoms with Gasteiger partial charge < -0.3 is 10.4 Å². The fourth-order valence-corrected chi connectivity index (χ4v) is 2.10. The van der Waals surface area contributed by atoms with Crippen LogP contribution in [0.25, 0.3) is 0 Å². The van der Waals surface area contributed by atoms with Crippen molar-refractivity contribution in [3.05, 3.63) is 35.4 Å². The fraction of sp³-hybridized carbons (Fsp3) is 0.600. The van der Waals surface area contributed by atoms with Gasteiger partial charge in [0.05, 0.1) is 5.56 Å². The molecule has 114 valence electrons. The molecule has 0 fully saturated rings. The molecular formula is C15H22F3NO. The van der Waals surface area contributed by atoms with Crippen molar-refractivity contribution >= 4 is 0 Å². The highest BCUT2D eigenvalue weighted by Crippen LogP contribution is 2.34. The number of hydrogen-bond donors (Lipinski definition) is 2. The second-order valence-electron chi connectivity index (χ2n) is 5.19. The molecule has 0 bridgehead atoms. The van der Waals surface area contributed by atoms with Gasteiger partial charge in [-0.15, -0.1) is 0 Å². The molecule has 2 nitrogen and oxygen atoms in total. The zero-order chi connectivity index (χ0) is 15.2. The highest BCUT2D eigenvalue weighted by molar-refractivity contribution is 5.31. The Kier molecular flexibility index (Phi) is 6.49. The molecule has 1 aromatic rings. The summed E-state index contributed by atoms with van der Waals surface area (Å²) in [5.74, 6) is 0.231. The zero-order valence-corrected chi connectivity index (χ0v) is 11.9. The van der Waals surface area contributed by atoms with Crippen LogP contribution in [0.4, 0.5) is 13.2 Å². The van der Waals surface area contributed by atoms with E-state index in [9.17, 15) is 13.2 Å². The number of halogens is 3. The molecule has 0 aliphatic heterocycles. The predicted molar refractivity (Wildman–Crippen MR) is 73.3 cm³/mol. The van der Waals surface area contributed by atoms with E-state index in [0.29, 0.717) is 6.54 Å². The molecular weight excluding hydrogens is 267 g/mol. The lowest BCUT2D eigenvalue weighted by Gasteiger charge is -2.19. The molecule has 2 unspecified atom stereocenters. The van der Waals surface area contributed by atoms with E-state index in [1.165, 1.54) is 12.1 Å². The minimum absolute atomic E-state index is 0.145. The van der Waals surface area contributed by atoms with Gasteiger partial charge in [-0.2, -0.15) is 13.2 Å². The first-order valence-electron chi connectivity index (χ1n) is 6.86. The lowest BCUT2D eigenvalue weighted by Crippen LogP contribution is -2.23. The Balaban J connectivity index is 2.58. The molecule has 0 saturated heterocycles. The van der Waals surface area contributed by atoms with Gasteiger partial charge in [-0.25, -0.2) is 0 Å². The minimum Gasteiger partial charge on any atom is -0.396 e. The van der Waals surface area contributed by atoms with E-state index in [0.717, 1.165) is 18.9 Å². The highest BCUT2D eigenvalue weighted by atomic mass is 19.4. The van der Waals surface area contributed by atoms with Crippen molar-refractivity contribution < 1.29 is 18.3 Å². The number of aliphatic hydroxyl groups is 1. The first kappa shape index (κ1) is 17.0. The van der Waals surface area contributed by atoms with Crippen LogP contribution in [0.3, 0.4) is 0 Å². The van der Waals surface area contributed by atoms with Crippen LogP contribution in [0.15, 0.2) is 24.3 Å². The molecule has 0 heterocycles. The maximum absolute atomic E-state index is 12.9. The predicted octanol–water partition coefficient (Wildman–Crippen LogP) is 3.76. The molecule has 1 rings (SSSR count). The van der Waals surface area contributed by atoms with Crippen molar-refractivity contribution in [1.29, 1.82) is 0 Å². The van der Waals surface area contributed by atoms with E-state index < -0.39 is 11.7 Å². The van der Waals surface area contributed by atoms with Crippen LogP contribution in [0.1, 0.15) is 43.9 Å². The summed E-state index contributed by atoms with van der Waals surface area (Å²) in [5.41, 5.74) is -0.307. The monoisotopic (exact) mass is 289 g/mol. The molecule has 5 heteroatoms. The first-order chi connectivity index (χ1) is 9.36. The molecule has 0 saturated carbocycles. The van der Waals surface area contributed by atoms with Crippen LogP contribution in [0.5, 0.6) is 0 Å². The van der Waals surface area contributed by atoms with Gasteiger partial charge in [0.15, 0.2) is 0 Å². The third-order valence-corrected chi connectivity index (χ3v) is 3.37. The Labute approximate surface area is 118 Å². The van der Waals surface area contributed by atoms with E-state index in [4.69, 9.17) is 5.11 Å². The van der Waals surface area contributed by atoms with Gasteiger partial charge in [-0.1, -0.05) is 25.1 Å². The van der Waals surface area contributed by atoms with Crippen molar-refractivity contribution in [2.75, 3.05) is 13.2 Å². The van der Waals surface area contributed by atoms with Crippen molar-refractivity contribution in [3.63, 3.8) is 0 Å². The molecule has 0 spiro atoms. The van der Waals surface area contributed by atoms with Crippen LogP contribution in [-0.4, -0.2) is 18.3 Å². The Bertz CT molecular complexity index is 406. The first-order valence-corrected chi connectivity index (χ1v) is 6.86. The van der Waals surface area contributed by atoms with E-state index in [2.05, 4.69) is 5.32 Å². The SMILES string of the molecule is CC(CO)CCCNC(C)c1ccccc1C(F)(F)F. The smallest absolute Gasteiger partial charge is 0.396 e. The summed E-state index contributed by atoms with van der Waals surface area (Å²) >= 11 is 0. The van der Waals surface area contributed by atoms with Crippen LogP contribution in [-0.2, 0) is 6.18 Å². The van der Waals surface area contributed by atoms with E-state index in [1.54, 1.807) is 13.0 Å². The topological polar surface area (TPSA) is 32.3 Å². The molecule has 2 N–H and O–H groups in total. The third-order valence-electron chi connectivity index (χ3n) is 3.37. The molecule has 2 atom stereocenters. The largest absolute Gasteiger partial charge is 0.416 e. The van der Waals surface area contributed by atoms with Crippen LogP contribution >= 0.6 is 0 Å². The summed E-state index contributed by atoms with van der Waals surface area (Å²) in [5, 5.41) is 12.0. The molecule has 1 aromatic carbocycles. The van der Waals surface area contributed by atoms with E-state index in [1.807, 2.05) is 6.92 Å². The maximum Gasteiger partial charge on any atom is 0.416 e. The fourth-order valence-electron chi connectivity index (χ4n) is 2.10. The van der Waals surface area contributed by atoms with Crippen LogP contribution in [0.2, 0.25) is 0 Å². The Morgan fingerprint density at radius 2 is 1.85 bits per heavy atom. The van der Waals surface area contributed by atoms with Gasteiger partial charge in [-0.3, -0.25) is 0 Å². The molecule has 0 aliphatic rings. The summed E-state index contributed by atoms with van der Waals surface area (Å²) in [4.78, 5) is 0. The average molecular weight is 289 g/mol. The van der Waals surface area contributed by atoms with Crippen molar-refractivity contribution in [2.45, 2.75) is 38.9 Å². The Hall–Kier alpha value is -1.07. The normalized spacial score (nSPS) is 15.1. The number of rotatable bonds is 7. The summed E-state index contributed by atoms with van der Waals surface area (Å²) in [7, 11) is 0. The van der Waals surface area contributed by atoms with Gasteiger partial charge >= 0.3 is 6.18 Å². The van der Waals surface area contributed by atoms with Gasteiger partial charge in [0.25, 0.3) is 0 Å². The number of alkyl halides is 3. The van der Waals surface area contributed by atoms with Gasteiger partial charge in [0.2, 0.25) is 0 Å². The summed E-state index contributed by atoms with van der Waals surface area (Å²) in [6.07, 6.45) is -2.63. The van der Waals surface area contributed by atoms with Crippen molar-refractivity contribution in [2.24, 2.45) is 5.92 Å². The molecule has 20 heavy (non-hydrogen) atoms. The van der Waals surface area contributed by atoms with Gasteiger partial charge in [-0.05, 0) is 43.9 Å². The lowest BCUT2D eigenvalue weighted by molar-refractivity contribution is -0.138. The van der Waals surface area contributed by atoms with Gasteiger partial charge in [0.1, 0.15) is 0 Å². The highest BCUT2D eigenvalue weighted by Gasteiger charge is 2.33. The number of aliphatic hydroxyl groups excluding tert-OH is 1. The standard InChI is InChI=1S/C15H22F3NO/c1-11(10-20)6-5-9-19-12(2)13-7-3-4-8-14(13)15(16,17)18/h3-4,7-8,11-12,19-20H,5-6,9-10H2,1-2H3. The number of nitrogens with one attached hydrogen (secondary N) is 1. The summed E-state index contributed by atoms with van der Waals surface area (Å²) < 4.78 is 38.7. The minimum atomic E-state index is -4.32. The quantitative estimate of drug-likeness (QED) is 0.749. The molecule has 0 aromatic heterocycles. The molecule has 0 amide bonds. The Morgan fingerprint density at radius 1 is 1.20 bits per heavy atom. The summed E-state index contributed by atoms with van der Waals surface area (Å²) in [6, 6.07) is 5.30. The van der Waals surface area contributed by atoms with E-state index >= 15 is 0 Å². The number of benzene rings is 1. The van der Waals surface area contributed by atoms with Crippen molar-refractivity contribution in [1.82, 2.24) is 5.32 Å². The lowest BCUT2D eigenvalue weighted by atomic mass is 10.0. The second-order valence-corrected chi connectivity index (χ2v) is 5.19. The molecule has 0 radical (unpaired) electrons. The Morgan fingerprint density at radius 3 is 2.45 bits per heavy atom. The maximum atomic E-state index is 12.9. The number of hydrogen-bond acceptors (Lipinski definition) is 2. The van der Waals surface area contributed by atoms with E-state index in [-0.39, 0.29) is 24.1 Å². The average Bonchev–Trinajstić information content (AvgIpc) is 2.42. The molecule has 0 aliphatic carbocycles. The van der Waals surface area contributed by atoms with Crippen LogP contribution in [0, 0.1) is 5.92 Å². The third kappa shape index (κ3) is 5.13. The van der Waals surface area contributed by atoms with Crippen molar-refractivity contribution in [3.8, 4) is 0 Å².